The van der Waals surface area contributed by atoms with Crippen LogP contribution >= 0.6 is 0 Å². The van der Waals surface area contributed by atoms with Crippen LogP contribution in [0, 0.1) is 0 Å². The molecular weight excluding hydrogens is 536 g/mol. The molecule has 0 heterocycles. The van der Waals surface area contributed by atoms with Gasteiger partial charge in [-0.1, -0.05) is 0 Å². The topological polar surface area (TPSA) is 106 Å². The van der Waals surface area contributed by atoms with Gasteiger partial charge in [-0.15, -0.1) is 0 Å². The van der Waals surface area contributed by atoms with E-state index in [4.69, 9.17) is 9.47 Å². The van der Waals surface area contributed by atoms with Gasteiger partial charge in [-0.25, -0.2) is 9.59 Å². The second-order valence-corrected chi connectivity index (χ2v) is 11.0. The molecule has 222 valence electrons. The minimum atomic E-state index is -5.12. The van der Waals surface area contributed by atoms with Gasteiger partial charge in [0.15, 0.2) is 0 Å². The highest BCUT2D eigenvalue weighted by molar-refractivity contribution is 5.94. The summed E-state index contributed by atoms with van der Waals surface area (Å²) < 4.78 is 89.3. The molecule has 1 aromatic rings. The molecule has 0 saturated heterocycles. The lowest BCUT2D eigenvalue weighted by Gasteiger charge is -2.25. The third kappa shape index (κ3) is 13.4. The maximum Gasteiger partial charge on any atom is 0.416 e. The van der Waals surface area contributed by atoms with E-state index >= 15 is 0 Å². The molecule has 1 aromatic carbocycles. The molecule has 0 aliphatic carbocycles. The number of benzene rings is 1. The maximum atomic E-state index is 13.2. The highest BCUT2D eigenvalue weighted by atomic mass is 19.4. The number of alkyl carbamates (subject to hydrolysis) is 2. The van der Waals surface area contributed by atoms with Gasteiger partial charge in [-0.05, 0) is 79.5 Å². The molecule has 0 bridgehead atoms. The normalized spacial score (nSPS) is 14.2. The van der Waals surface area contributed by atoms with Gasteiger partial charge in [-0.3, -0.25) is 4.79 Å². The fourth-order valence-electron chi connectivity index (χ4n) is 3.14. The number of rotatable bonds is 8. The second kappa shape index (κ2) is 12.8. The van der Waals surface area contributed by atoms with Crippen LogP contribution in [0.5, 0.6) is 0 Å². The Morgan fingerprint density at radius 3 is 1.59 bits per heavy atom. The highest BCUT2D eigenvalue weighted by Gasteiger charge is 2.37. The van der Waals surface area contributed by atoms with Crippen LogP contribution in [-0.2, 0) is 21.8 Å². The van der Waals surface area contributed by atoms with Gasteiger partial charge in [0.1, 0.15) is 11.2 Å². The molecule has 3 amide bonds. The van der Waals surface area contributed by atoms with Crippen LogP contribution in [0.4, 0.5) is 35.9 Å². The van der Waals surface area contributed by atoms with E-state index < -0.39 is 70.4 Å². The van der Waals surface area contributed by atoms with E-state index in [0.29, 0.717) is 12.1 Å². The van der Waals surface area contributed by atoms with Gasteiger partial charge in [0.05, 0.1) is 11.1 Å². The van der Waals surface area contributed by atoms with Crippen LogP contribution in [0.25, 0.3) is 0 Å². The van der Waals surface area contributed by atoms with Gasteiger partial charge < -0.3 is 25.4 Å². The van der Waals surface area contributed by atoms with Crippen molar-refractivity contribution in [2.45, 2.75) is 96.9 Å². The number of hydrogen-bond acceptors (Lipinski definition) is 5. The third-order valence-electron chi connectivity index (χ3n) is 4.79. The van der Waals surface area contributed by atoms with Gasteiger partial charge in [0.2, 0.25) is 0 Å². The quantitative estimate of drug-likeness (QED) is 0.330. The Morgan fingerprint density at radius 1 is 0.744 bits per heavy atom. The number of amides is 3. The molecular formula is C25H35F6N3O5. The predicted octanol–water partition coefficient (Wildman–Crippen LogP) is 6.04. The van der Waals surface area contributed by atoms with Crippen molar-refractivity contribution >= 4 is 18.1 Å². The number of carbonyl (C=O) groups excluding carboxylic acids is 3. The molecule has 0 saturated carbocycles. The smallest absolute Gasteiger partial charge is 0.416 e. The Morgan fingerprint density at radius 2 is 1.18 bits per heavy atom. The average molecular weight is 572 g/mol. The molecule has 1 unspecified atom stereocenters. The largest absolute Gasteiger partial charge is 0.444 e. The molecule has 0 spiro atoms. The van der Waals surface area contributed by atoms with Crippen molar-refractivity contribution in [3.8, 4) is 0 Å². The average Bonchev–Trinajstić information content (AvgIpc) is 2.71. The second-order valence-electron chi connectivity index (χ2n) is 11.0. The molecule has 0 aliphatic rings. The summed E-state index contributed by atoms with van der Waals surface area (Å²) in [6.45, 7) is 11.2. The summed E-state index contributed by atoms with van der Waals surface area (Å²) in [5.74, 6) is -1.21. The summed E-state index contributed by atoms with van der Waals surface area (Å²) in [5, 5.41) is 7.39. The van der Waals surface area contributed by atoms with Crippen LogP contribution in [0.3, 0.4) is 0 Å². The van der Waals surface area contributed by atoms with Gasteiger partial charge in [-0.2, -0.15) is 26.3 Å². The van der Waals surface area contributed by atoms with E-state index in [1.807, 2.05) is 0 Å². The lowest BCUT2D eigenvalue weighted by atomic mass is 10.0. The highest BCUT2D eigenvalue weighted by Crippen LogP contribution is 2.36. The van der Waals surface area contributed by atoms with E-state index in [0.717, 1.165) is 0 Å². The van der Waals surface area contributed by atoms with Crippen molar-refractivity contribution in [1.29, 1.82) is 0 Å². The summed E-state index contributed by atoms with van der Waals surface area (Å²) in [6.07, 6.45) is -11.4. The predicted molar refractivity (Wildman–Crippen MR) is 130 cm³/mol. The number of halogens is 6. The first-order valence-corrected chi connectivity index (χ1v) is 12.0. The van der Waals surface area contributed by atoms with Crippen molar-refractivity contribution in [1.82, 2.24) is 16.0 Å². The van der Waals surface area contributed by atoms with E-state index in [9.17, 15) is 40.7 Å². The molecule has 2 atom stereocenters. The number of hydrogen-bond donors (Lipinski definition) is 3. The Balaban J connectivity index is 3.02. The Bertz CT molecular complexity index is 981. The van der Waals surface area contributed by atoms with Gasteiger partial charge in [0.25, 0.3) is 5.91 Å². The minimum absolute atomic E-state index is 0.0807. The molecule has 8 nitrogen and oxygen atoms in total. The van der Waals surface area contributed by atoms with Crippen LogP contribution < -0.4 is 16.0 Å². The molecule has 1 rings (SSSR count). The van der Waals surface area contributed by atoms with E-state index in [-0.39, 0.29) is 25.5 Å². The van der Waals surface area contributed by atoms with Crippen molar-refractivity contribution in [3.63, 3.8) is 0 Å². The first kappa shape index (κ1) is 33.8. The molecule has 14 heteroatoms. The van der Waals surface area contributed by atoms with Crippen LogP contribution in [0.15, 0.2) is 18.2 Å². The van der Waals surface area contributed by atoms with Crippen molar-refractivity contribution < 1.29 is 50.2 Å². The van der Waals surface area contributed by atoms with Crippen LogP contribution in [0.2, 0.25) is 0 Å². The molecule has 0 radical (unpaired) electrons. The van der Waals surface area contributed by atoms with Crippen molar-refractivity contribution in [3.05, 3.63) is 34.9 Å². The van der Waals surface area contributed by atoms with Crippen LogP contribution in [0.1, 0.15) is 82.8 Å². The summed E-state index contributed by atoms with van der Waals surface area (Å²) in [7, 11) is 0. The zero-order chi connectivity index (χ0) is 30.4. The summed E-state index contributed by atoms with van der Waals surface area (Å²) >= 11 is 0. The zero-order valence-corrected chi connectivity index (χ0v) is 22.8. The molecule has 39 heavy (non-hydrogen) atoms. The maximum absolute atomic E-state index is 13.2. The lowest BCUT2D eigenvalue weighted by molar-refractivity contribution is -0.143. The van der Waals surface area contributed by atoms with Gasteiger partial charge in [0, 0.05) is 24.2 Å². The van der Waals surface area contributed by atoms with Gasteiger partial charge >= 0.3 is 24.5 Å². The lowest BCUT2D eigenvalue weighted by Crippen LogP contribution is -2.46. The molecule has 3 N–H and O–H groups in total. The monoisotopic (exact) mass is 571 g/mol. The summed E-state index contributed by atoms with van der Waals surface area (Å²) in [5.41, 5.74) is -5.71. The number of nitrogens with one attached hydrogen (secondary N) is 3. The fraction of sp³-hybridized carbons (Fsp3) is 0.640. The first-order valence-electron chi connectivity index (χ1n) is 12.0. The first-order chi connectivity index (χ1) is 17.5. The SMILES string of the molecule is CC(CC[C@@H](CNC(=O)c1cc(C(F)(F)F)cc(C(F)(F)F)c1)NC(=O)OC(C)(C)C)NC(=O)OC(C)(C)C. The van der Waals surface area contributed by atoms with E-state index in [2.05, 4.69) is 16.0 Å². The Hall–Kier alpha value is -3.19. The van der Waals surface area contributed by atoms with Crippen LogP contribution in [-0.4, -0.2) is 47.9 Å². The Kier molecular flexibility index (Phi) is 11.1. The molecule has 0 aromatic heterocycles. The minimum Gasteiger partial charge on any atom is -0.444 e. The standard InChI is InChI=1S/C25H35F6N3O5/c1-14(33-20(36)38-22(2,3)4)8-9-18(34-21(37)39-23(5,6)7)13-32-19(35)15-10-16(24(26,27)28)12-17(11-15)25(29,30)31/h10-12,14,18H,8-9,13H2,1-7H3,(H,32,35)(H,33,36)(H,34,37)/t14?,18-/m0/s1. The molecule has 0 fully saturated rings. The number of alkyl halides is 6. The summed E-state index contributed by atoms with van der Waals surface area (Å²) in [4.78, 5) is 36.8. The summed E-state index contributed by atoms with van der Waals surface area (Å²) in [6, 6.07) is -0.750. The Labute approximate surface area is 223 Å². The fourth-order valence-corrected chi connectivity index (χ4v) is 3.14. The van der Waals surface area contributed by atoms with Crippen molar-refractivity contribution in [2.75, 3.05) is 6.54 Å². The molecule has 0 aliphatic heterocycles. The van der Waals surface area contributed by atoms with E-state index in [1.165, 1.54) is 0 Å². The van der Waals surface area contributed by atoms with Crippen molar-refractivity contribution in [2.24, 2.45) is 0 Å². The third-order valence-corrected chi connectivity index (χ3v) is 4.79. The number of carbonyl (C=O) groups is 3. The number of ether oxygens (including phenoxy) is 2. The van der Waals surface area contributed by atoms with E-state index in [1.54, 1.807) is 48.5 Å². The zero-order valence-electron chi connectivity index (χ0n) is 22.8.